The number of hydrogen-bond acceptors (Lipinski definition) is 6. The third kappa shape index (κ3) is 8.63. The molecule has 10 heteroatoms. The molecule has 0 radical (unpaired) electrons. The van der Waals surface area contributed by atoms with Crippen LogP contribution in [0.2, 0.25) is 0 Å². The summed E-state index contributed by atoms with van der Waals surface area (Å²) in [6.07, 6.45) is 3.21. The number of hydrogen-bond donors (Lipinski definition) is 1. The van der Waals surface area contributed by atoms with Gasteiger partial charge in [0.1, 0.15) is 0 Å². The molecule has 1 aliphatic rings. The summed E-state index contributed by atoms with van der Waals surface area (Å²) < 4.78 is 0. The van der Waals surface area contributed by atoms with E-state index in [1.54, 1.807) is 48.3 Å². The molecule has 1 saturated heterocycles. The van der Waals surface area contributed by atoms with Crippen LogP contribution in [0.3, 0.4) is 0 Å². The molecule has 0 atom stereocenters. The molecular weight excluding hydrogens is 628 g/mol. The van der Waals surface area contributed by atoms with Gasteiger partial charge in [0.25, 0.3) is 17.5 Å². The first-order chi connectivity index (χ1) is 24.4. The fourth-order valence-electron chi connectivity index (χ4n) is 6.60. The maximum Gasteiger partial charge on any atom is 0.269 e. The molecule has 1 fully saturated rings. The molecule has 4 aromatic carbocycles. The van der Waals surface area contributed by atoms with Crippen molar-refractivity contribution in [3.8, 4) is 0 Å². The van der Waals surface area contributed by atoms with Gasteiger partial charge in [-0.15, -0.1) is 0 Å². The molecule has 0 unspecified atom stereocenters. The lowest BCUT2D eigenvalue weighted by Gasteiger charge is -2.36. The number of carbonyl (C=O) groups is 2. The molecule has 0 bridgehead atoms. The number of aromatic nitrogens is 1. The molecule has 50 heavy (non-hydrogen) atoms. The molecule has 2 amide bonds. The Bertz CT molecular complexity index is 1900. The minimum Gasteiger partial charge on any atom is -0.361 e. The Labute approximate surface area is 293 Å². The number of amides is 2. The molecule has 6 rings (SSSR count). The average Bonchev–Trinajstić information content (AvgIpc) is 3.57. The molecule has 0 aliphatic carbocycles. The molecule has 258 valence electrons. The fraction of sp³-hybridized carbons (Fsp3) is 0.300. The molecular formula is C40H44N6O4. The first kappa shape index (κ1) is 34.5. The standard InChI is InChI=1S/C40H44N6O4/c1-42(21-20-33-29-41-38-14-8-7-11-35(33)38)39(47)36-12-5-6-13-37(36)40(48)45(22-19-31-15-17-34(18-16-31)46(49)50)28-27-43-23-25-44(26-24-43)30-32-9-3-2-4-10-32/h2-18,29,41H,19-28,30H2,1H3. The Kier molecular flexibility index (Phi) is 11.3. The Hall–Kier alpha value is -5.32. The Morgan fingerprint density at radius 3 is 2.08 bits per heavy atom. The predicted molar refractivity (Wildman–Crippen MR) is 196 cm³/mol. The molecule has 1 aromatic heterocycles. The first-order valence-corrected chi connectivity index (χ1v) is 17.3. The van der Waals surface area contributed by atoms with Crippen LogP contribution in [-0.2, 0) is 19.4 Å². The number of nitrogens with zero attached hydrogens (tertiary/aromatic N) is 5. The number of nitro groups is 1. The normalized spacial score (nSPS) is 13.7. The van der Waals surface area contributed by atoms with Crippen molar-refractivity contribution in [2.45, 2.75) is 19.4 Å². The van der Waals surface area contributed by atoms with E-state index in [4.69, 9.17) is 0 Å². The van der Waals surface area contributed by atoms with Crippen LogP contribution in [0.25, 0.3) is 10.9 Å². The minimum absolute atomic E-state index is 0.0364. The SMILES string of the molecule is CN(CCc1c[nH]c2ccccc12)C(=O)c1ccccc1C(=O)N(CCc1ccc([N+](=O)[O-])cc1)CCN1CCN(Cc2ccccc2)CC1. The predicted octanol–water partition coefficient (Wildman–Crippen LogP) is 5.89. The van der Waals surface area contributed by atoms with Crippen molar-refractivity contribution < 1.29 is 14.5 Å². The second-order valence-corrected chi connectivity index (χ2v) is 13.0. The van der Waals surface area contributed by atoms with Crippen LogP contribution in [0, 0.1) is 10.1 Å². The van der Waals surface area contributed by atoms with Gasteiger partial charge in [-0.2, -0.15) is 0 Å². The van der Waals surface area contributed by atoms with Crippen LogP contribution in [0.1, 0.15) is 37.4 Å². The zero-order valence-electron chi connectivity index (χ0n) is 28.5. The molecule has 0 saturated carbocycles. The molecule has 1 aliphatic heterocycles. The van der Waals surface area contributed by atoms with Crippen LogP contribution in [-0.4, -0.2) is 101 Å². The molecule has 10 nitrogen and oxygen atoms in total. The summed E-state index contributed by atoms with van der Waals surface area (Å²) in [5, 5.41) is 12.3. The van der Waals surface area contributed by atoms with E-state index in [9.17, 15) is 19.7 Å². The van der Waals surface area contributed by atoms with Crippen molar-refractivity contribution in [3.63, 3.8) is 0 Å². The largest absolute Gasteiger partial charge is 0.361 e. The highest BCUT2D eigenvalue weighted by Crippen LogP contribution is 2.20. The van der Waals surface area contributed by atoms with Crippen LogP contribution < -0.4 is 0 Å². The third-order valence-electron chi connectivity index (χ3n) is 9.63. The van der Waals surface area contributed by atoms with Gasteiger partial charge in [0, 0.05) is 95.2 Å². The lowest BCUT2D eigenvalue weighted by Crippen LogP contribution is -2.49. The van der Waals surface area contributed by atoms with Crippen molar-refractivity contribution in [2.24, 2.45) is 0 Å². The smallest absolute Gasteiger partial charge is 0.269 e. The highest BCUT2D eigenvalue weighted by atomic mass is 16.6. The van der Waals surface area contributed by atoms with E-state index < -0.39 is 4.92 Å². The van der Waals surface area contributed by atoms with Gasteiger partial charge < -0.3 is 14.8 Å². The van der Waals surface area contributed by atoms with Crippen molar-refractivity contribution in [3.05, 3.63) is 147 Å². The lowest BCUT2D eigenvalue weighted by molar-refractivity contribution is -0.384. The van der Waals surface area contributed by atoms with E-state index in [1.165, 1.54) is 17.7 Å². The number of fused-ring (bicyclic) bond motifs is 1. The van der Waals surface area contributed by atoms with E-state index in [-0.39, 0.29) is 17.5 Å². The molecule has 5 aromatic rings. The summed E-state index contributed by atoms with van der Waals surface area (Å²) in [6, 6.07) is 32.2. The maximum absolute atomic E-state index is 14.3. The lowest BCUT2D eigenvalue weighted by atomic mass is 10.0. The molecule has 0 spiro atoms. The average molecular weight is 673 g/mol. The third-order valence-corrected chi connectivity index (χ3v) is 9.63. The highest BCUT2D eigenvalue weighted by molar-refractivity contribution is 6.07. The van der Waals surface area contributed by atoms with E-state index in [2.05, 4.69) is 45.1 Å². The van der Waals surface area contributed by atoms with Crippen molar-refractivity contribution in [2.75, 3.05) is 59.4 Å². The minimum atomic E-state index is -0.412. The molecule has 1 N–H and O–H groups in total. The summed E-state index contributed by atoms with van der Waals surface area (Å²) in [7, 11) is 1.78. The van der Waals surface area contributed by atoms with Gasteiger partial charge in [0.05, 0.1) is 16.1 Å². The van der Waals surface area contributed by atoms with Crippen molar-refractivity contribution >= 4 is 28.4 Å². The molecule has 2 heterocycles. The maximum atomic E-state index is 14.3. The van der Waals surface area contributed by atoms with E-state index >= 15 is 0 Å². The van der Waals surface area contributed by atoms with Crippen LogP contribution in [0.4, 0.5) is 5.69 Å². The van der Waals surface area contributed by atoms with Crippen molar-refractivity contribution in [1.82, 2.24) is 24.6 Å². The number of para-hydroxylation sites is 1. The number of nitrogens with one attached hydrogen (secondary N) is 1. The monoisotopic (exact) mass is 672 g/mol. The van der Waals surface area contributed by atoms with Gasteiger partial charge in [-0.05, 0) is 47.7 Å². The zero-order chi connectivity index (χ0) is 34.9. The number of nitro benzene ring substituents is 1. The topological polar surface area (TPSA) is 106 Å². The second kappa shape index (κ2) is 16.4. The number of non-ortho nitro benzene ring substituents is 1. The summed E-state index contributed by atoms with van der Waals surface area (Å²) in [6.45, 7) is 6.79. The van der Waals surface area contributed by atoms with Crippen LogP contribution in [0.15, 0.2) is 109 Å². The number of aromatic amines is 1. The number of piperazine rings is 1. The summed E-state index contributed by atoms with van der Waals surface area (Å²) in [5.74, 6) is -0.387. The van der Waals surface area contributed by atoms with Gasteiger partial charge in [-0.3, -0.25) is 29.5 Å². The van der Waals surface area contributed by atoms with Gasteiger partial charge >= 0.3 is 0 Å². The van der Waals surface area contributed by atoms with E-state index in [0.717, 1.165) is 54.8 Å². The Morgan fingerprint density at radius 1 is 0.720 bits per heavy atom. The summed E-state index contributed by atoms with van der Waals surface area (Å²) in [5.41, 5.74) is 5.22. The highest BCUT2D eigenvalue weighted by Gasteiger charge is 2.25. The quantitative estimate of drug-likeness (QED) is 0.117. The van der Waals surface area contributed by atoms with Gasteiger partial charge in [-0.25, -0.2) is 0 Å². The van der Waals surface area contributed by atoms with Crippen LogP contribution in [0.5, 0.6) is 0 Å². The Morgan fingerprint density at radius 2 is 1.36 bits per heavy atom. The van der Waals surface area contributed by atoms with Gasteiger partial charge in [-0.1, -0.05) is 72.8 Å². The summed E-state index contributed by atoms with van der Waals surface area (Å²) in [4.78, 5) is 50.6. The number of rotatable bonds is 14. The van der Waals surface area contributed by atoms with E-state index in [1.807, 2.05) is 35.4 Å². The van der Waals surface area contributed by atoms with E-state index in [0.29, 0.717) is 50.1 Å². The fourth-order valence-corrected chi connectivity index (χ4v) is 6.60. The first-order valence-electron chi connectivity index (χ1n) is 17.3. The Balaban J connectivity index is 1.13. The van der Waals surface area contributed by atoms with Crippen molar-refractivity contribution in [1.29, 1.82) is 0 Å². The second-order valence-electron chi connectivity index (χ2n) is 13.0. The van der Waals surface area contributed by atoms with Gasteiger partial charge in [0.2, 0.25) is 0 Å². The number of H-pyrrole nitrogens is 1. The summed E-state index contributed by atoms with van der Waals surface area (Å²) >= 11 is 0. The number of carbonyl (C=O) groups excluding carboxylic acids is 2. The van der Waals surface area contributed by atoms with Crippen LogP contribution >= 0.6 is 0 Å². The number of benzene rings is 4. The number of likely N-dealkylation sites (N-methyl/N-ethyl adjacent to an activating group) is 1. The van der Waals surface area contributed by atoms with Gasteiger partial charge in [0.15, 0.2) is 0 Å². The zero-order valence-corrected chi connectivity index (χ0v) is 28.5.